The highest BCUT2D eigenvalue weighted by molar-refractivity contribution is 8.00. The van der Waals surface area contributed by atoms with Crippen molar-refractivity contribution in [1.82, 2.24) is 15.3 Å². The van der Waals surface area contributed by atoms with Crippen molar-refractivity contribution in [2.24, 2.45) is 0 Å². The van der Waals surface area contributed by atoms with Crippen LogP contribution in [0, 0.1) is 0 Å². The Labute approximate surface area is 121 Å². The number of methoxy groups -OCH3 is 1. The normalized spacial score (nSPS) is 12.5. The van der Waals surface area contributed by atoms with Crippen LogP contribution in [-0.4, -0.2) is 41.4 Å². The Balaban J connectivity index is 2.00. The third-order valence-electron chi connectivity index (χ3n) is 2.66. The lowest BCUT2D eigenvalue weighted by Crippen LogP contribution is -2.34. The van der Waals surface area contributed by atoms with E-state index in [0.29, 0.717) is 36.0 Å². The van der Waals surface area contributed by atoms with Gasteiger partial charge in [-0.15, -0.1) is 0 Å². The molecule has 0 aliphatic carbocycles. The number of amides is 1. The van der Waals surface area contributed by atoms with Crippen molar-refractivity contribution in [3.63, 3.8) is 0 Å². The highest BCUT2D eigenvalue weighted by atomic mass is 32.2. The second-order valence-electron chi connectivity index (χ2n) is 4.10. The highest BCUT2D eigenvalue weighted by Crippen LogP contribution is 2.27. The molecule has 0 bridgehead atoms. The van der Waals surface area contributed by atoms with E-state index in [1.807, 2.05) is 6.92 Å². The van der Waals surface area contributed by atoms with Gasteiger partial charge in [0.2, 0.25) is 5.91 Å². The molecule has 0 aromatic carbocycles. The first-order chi connectivity index (χ1) is 9.74. The minimum atomic E-state index is -0.236. The summed E-state index contributed by atoms with van der Waals surface area (Å²) in [5.74, 6) is -0.0373. The topological polar surface area (TPSA) is 77.2 Å². The molecule has 0 saturated heterocycles. The molecule has 1 amide bonds. The van der Waals surface area contributed by atoms with Crippen LogP contribution in [0.15, 0.2) is 28.0 Å². The predicted octanol–water partition coefficient (Wildman–Crippen LogP) is 1.86. The van der Waals surface area contributed by atoms with Crippen molar-refractivity contribution < 1.29 is 13.9 Å². The number of oxazole rings is 1. The number of nitrogens with one attached hydrogen (secondary N) is 1. The van der Waals surface area contributed by atoms with Gasteiger partial charge >= 0.3 is 0 Å². The molecular formula is C13H17N3O3S. The van der Waals surface area contributed by atoms with E-state index in [4.69, 9.17) is 9.15 Å². The number of hydrogen-bond acceptors (Lipinski definition) is 6. The van der Waals surface area contributed by atoms with Crippen LogP contribution in [0.5, 0.6) is 0 Å². The zero-order chi connectivity index (χ0) is 14.4. The maximum atomic E-state index is 12.0. The van der Waals surface area contributed by atoms with Crippen molar-refractivity contribution in [3.8, 4) is 0 Å². The zero-order valence-electron chi connectivity index (χ0n) is 11.5. The maximum absolute atomic E-state index is 12.0. The number of hydrogen-bond donors (Lipinski definition) is 1. The van der Waals surface area contributed by atoms with E-state index in [9.17, 15) is 4.79 Å². The fourth-order valence-electron chi connectivity index (χ4n) is 1.63. The molecule has 0 saturated carbocycles. The van der Waals surface area contributed by atoms with E-state index in [2.05, 4.69) is 15.3 Å². The molecule has 1 unspecified atom stereocenters. The largest absolute Gasteiger partial charge is 0.430 e. The van der Waals surface area contributed by atoms with Gasteiger partial charge in [-0.1, -0.05) is 18.7 Å². The molecule has 1 N–H and O–H groups in total. The molecular weight excluding hydrogens is 278 g/mol. The van der Waals surface area contributed by atoms with Crippen molar-refractivity contribution in [3.05, 3.63) is 18.3 Å². The van der Waals surface area contributed by atoms with E-state index in [1.54, 1.807) is 25.4 Å². The van der Waals surface area contributed by atoms with E-state index in [0.717, 1.165) is 0 Å². The van der Waals surface area contributed by atoms with Crippen LogP contribution < -0.4 is 5.32 Å². The average molecular weight is 295 g/mol. The second-order valence-corrected chi connectivity index (χ2v) is 5.26. The lowest BCUT2D eigenvalue weighted by molar-refractivity contribution is -0.120. The first kappa shape index (κ1) is 14.8. The second kappa shape index (κ2) is 7.25. The summed E-state index contributed by atoms with van der Waals surface area (Å²) in [6.07, 6.45) is 2.35. The van der Waals surface area contributed by atoms with Gasteiger partial charge in [0.15, 0.2) is 11.2 Å². The molecule has 0 radical (unpaired) electrons. The summed E-state index contributed by atoms with van der Waals surface area (Å²) >= 11 is 1.31. The van der Waals surface area contributed by atoms with Gasteiger partial charge in [-0.05, 0) is 18.6 Å². The minimum absolute atomic E-state index is 0.0373. The number of pyridine rings is 1. The number of thioether (sulfide) groups is 1. The summed E-state index contributed by atoms with van der Waals surface area (Å²) in [6, 6.07) is 3.59. The third kappa shape index (κ3) is 3.71. The van der Waals surface area contributed by atoms with Crippen LogP contribution >= 0.6 is 11.8 Å². The fraction of sp³-hybridized carbons (Fsp3) is 0.462. The average Bonchev–Trinajstić information content (AvgIpc) is 2.87. The van der Waals surface area contributed by atoms with E-state index < -0.39 is 0 Å². The molecule has 2 rings (SSSR count). The number of aromatic nitrogens is 2. The summed E-state index contributed by atoms with van der Waals surface area (Å²) in [5, 5.41) is 3.05. The molecule has 2 heterocycles. The van der Waals surface area contributed by atoms with Crippen LogP contribution in [0.3, 0.4) is 0 Å². The quantitative estimate of drug-likeness (QED) is 0.620. The highest BCUT2D eigenvalue weighted by Gasteiger charge is 2.20. The van der Waals surface area contributed by atoms with Gasteiger partial charge in [0, 0.05) is 19.9 Å². The molecule has 0 aliphatic heterocycles. The Kier molecular flexibility index (Phi) is 5.37. The number of rotatable bonds is 7. The van der Waals surface area contributed by atoms with Gasteiger partial charge < -0.3 is 14.5 Å². The molecule has 20 heavy (non-hydrogen) atoms. The Morgan fingerprint density at radius 3 is 3.15 bits per heavy atom. The Bertz CT molecular complexity index is 540. The van der Waals surface area contributed by atoms with Crippen molar-refractivity contribution in [1.29, 1.82) is 0 Å². The summed E-state index contributed by atoms with van der Waals surface area (Å²) in [7, 11) is 1.60. The standard InChI is InChI=1S/C13H17N3O3S/c1-3-10(12(17)15-7-8-18-2)20-13-16-11-9(19-13)5-4-6-14-11/h4-6,10H,3,7-8H2,1-2H3,(H,15,17). The van der Waals surface area contributed by atoms with Crippen molar-refractivity contribution in [2.75, 3.05) is 20.3 Å². The van der Waals surface area contributed by atoms with Gasteiger partial charge in [0.05, 0.1) is 11.9 Å². The molecule has 0 spiro atoms. The lowest BCUT2D eigenvalue weighted by Gasteiger charge is -2.12. The van der Waals surface area contributed by atoms with Crippen LogP contribution in [0.2, 0.25) is 0 Å². The van der Waals surface area contributed by atoms with Crippen LogP contribution in [-0.2, 0) is 9.53 Å². The van der Waals surface area contributed by atoms with Gasteiger partial charge in [-0.25, -0.2) is 4.98 Å². The molecule has 2 aromatic heterocycles. The maximum Gasteiger partial charge on any atom is 0.259 e. The van der Waals surface area contributed by atoms with E-state index >= 15 is 0 Å². The number of nitrogens with zero attached hydrogens (tertiary/aromatic N) is 2. The van der Waals surface area contributed by atoms with E-state index in [-0.39, 0.29) is 11.2 Å². The van der Waals surface area contributed by atoms with Gasteiger partial charge in [-0.3, -0.25) is 4.79 Å². The Morgan fingerprint density at radius 2 is 2.45 bits per heavy atom. The Morgan fingerprint density at radius 1 is 1.60 bits per heavy atom. The summed E-state index contributed by atoms with van der Waals surface area (Å²) < 4.78 is 10.5. The summed E-state index contributed by atoms with van der Waals surface area (Å²) in [5.41, 5.74) is 1.19. The Hall–Kier alpha value is -1.60. The van der Waals surface area contributed by atoms with Crippen molar-refractivity contribution in [2.45, 2.75) is 23.8 Å². The molecule has 1 atom stereocenters. The molecule has 108 valence electrons. The number of ether oxygens (including phenoxy) is 1. The number of fused-ring (bicyclic) bond motifs is 1. The monoisotopic (exact) mass is 295 g/mol. The first-order valence-electron chi connectivity index (χ1n) is 6.39. The van der Waals surface area contributed by atoms with Crippen LogP contribution in [0.25, 0.3) is 11.2 Å². The van der Waals surface area contributed by atoms with Crippen LogP contribution in [0.4, 0.5) is 0 Å². The van der Waals surface area contributed by atoms with Gasteiger partial charge in [0.25, 0.3) is 5.22 Å². The fourth-order valence-corrected chi connectivity index (χ4v) is 2.51. The van der Waals surface area contributed by atoms with Gasteiger partial charge in [0.1, 0.15) is 0 Å². The molecule has 0 fully saturated rings. The van der Waals surface area contributed by atoms with Gasteiger partial charge in [-0.2, -0.15) is 4.98 Å². The molecule has 2 aromatic rings. The van der Waals surface area contributed by atoms with E-state index in [1.165, 1.54) is 11.8 Å². The van der Waals surface area contributed by atoms with Crippen LogP contribution in [0.1, 0.15) is 13.3 Å². The minimum Gasteiger partial charge on any atom is -0.430 e. The molecule has 0 aliphatic rings. The predicted molar refractivity (Wildman–Crippen MR) is 76.6 cm³/mol. The number of carbonyl (C=O) groups excluding carboxylic acids is 1. The smallest absolute Gasteiger partial charge is 0.259 e. The van der Waals surface area contributed by atoms with Crippen molar-refractivity contribution >= 4 is 28.9 Å². The first-order valence-corrected chi connectivity index (χ1v) is 7.27. The lowest BCUT2D eigenvalue weighted by atomic mass is 10.3. The summed E-state index contributed by atoms with van der Waals surface area (Å²) in [4.78, 5) is 20.4. The third-order valence-corrected chi connectivity index (χ3v) is 3.87. The summed E-state index contributed by atoms with van der Waals surface area (Å²) in [6.45, 7) is 2.95. The number of carbonyl (C=O) groups is 1. The molecule has 6 nitrogen and oxygen atoms in total. The zero-order valence-corrected chi connectivity index (χ0v) is 12.3. The SMILES string of the molecule is CCC(Sc1nc2ncccc2o1)C(=O)NCCOC. The molecule has 7 heteroatoms.